The van der Waals surface area contributed by atoms with Gasteiger partial charge in [-0.3, -0.25) is 4.79 Å². The summed E-state index contributed by atoms with van der Waals surface area (Å²) in [5, 5.41) is 23.2. The summed E-state index contributed by atoms with van der Waals surface area (Å²) in [4.78, 5) is 12.4. The van der Waals surface area contributed by atoms with Crippen molar-refractivity contribution in [3.63, 3.8) is 0 Å². The van der Waals surface area contributed by atoms with Crippen molar-refractivity contribution >= 4 is 5.91 Å². The lowest BCUT2D eigenvalue weighted by Crippen LogP contribution is -2.45. The van der Waals surface area contributed by atoms with E-state index in [9.17, 15) is 15.0 Å². The van der Waals surface area contributed by atoms with Crippen LogP contribution in [0.3, 0.4) is 0 Å². The van der Waals surface area contributed by atoms with Gasteiger partial charge in [0.1, 0.15) is 0 Å². The zero-order valence-electron chi connectivity index (χ0n) is 35.3. The standard InChI is InChI=1S/C49H89NO3/c1-3-5-7-9-11-13-15-17-19-21-23-24-25-26-27-29-31-33-35-37-39-41-43-45-49(53)50-47(46-51)48(52)44-42-40-38-36-34-32-30-28-22-20-18-16-14-12-10-8-6-4-2/h5,7,11,13,17,19,23-24,26-27,47-48,51-52H,3-4,6,8-10,12,14-16,18,20-22,25,28-46H2,1-2H3,(H,50,53)/b7-5-,13-11-,19-17-,24-23-,27-26-. The summed E-state index contributed by atoms with van der Waals surface area (Å²) in [6, 6.07) is -0.545. The maximum absolute atomic E-state index is 12.4. The van der Waals surface area contributed by atoms with Crippen LogP contribution in [0.5, 0.6) is 0 Å². The Balaban J connectivity index is 3.57. The van der Waals surface area contributed by atoms with E-state index in [0.717, 1.165) is 64.2 Å². The molecule has 0 aliphatic rings. The third-order valence-electron chi connectivity index (χ3n) is 10.3. The molecule has 4 nitrogen and oxygen atoms in total. The summed E-state index contributed by atoms with van der Waals surface area (Å²) in [6.45, 7) is 4.25. The molecule has 53 heavy (non-hydrogen) atoms. The first-order valence-corrected chi connectivity index (χ1v) is 23.0. The summed E-state index contributed by atoms with van der Waals surface area (Å²) >= 11 is 0. The van der Waals surface area contributed by atoms with Crippen LogP contribution < -0.4 is 5.32 Å². The molecular formula is C49H89NO3. The van der Waals surface area contributed by atoms with Crippen LogP contribution in [-0.4, -0.2) is 34.9 Å². The molecule has 0 fully saturated rings. The monoisotopic (exact) mass is 740 g/mol. The van der Waals surface area contributed by atoms with Gasteiger partial charge in [-0.15, -0.1) is 0 Å². The highest BCUT2D eigenvalue weighted by Gasteiger charge is 2.20. The Hall–Kier alpha value is -1.91. The highest BCUT2D eigenvalue weighted by atomic mass is 16.3. The van der Waals surface area contributed by atoms with E-state index in [2.05, 4.69) is 79.9 Å². The molecule has 0 saturated carbocycles. The number of aliphatic hydroxyl groups is 2. The number of nitrogens with one attached hydrogen (secondary N) is 1. The van der Waals surface area contributed by atoms with Gasteiger partial charge in [0.2, 0.25) is 5.91 Å². The zero-order valence-corrected chi connectivity index (χ0v) is 35.3. The highest BCUT2D eigenvalue weighted by molar-refractivity contribution is 5.76. The topological polar surface area (TPSA) is 69.6 Å². The quantitative estimate of drug-likeness (QED) is 0.0432. The smallest absolute Gasteiger partial charge is 0.220 e. The Bertz CT molecular complexity index is 888. The number of hydrogen-bond donors (Lipinski definition) is 3. The van der Waals surface area contributed by atoms with E-state index in [4.69, 9.17) is 0 Å². The van der Waals surface area contributed by atoms with Crippen molar-refractivity contribution in [1.29, 1.82) is 0 Å². The fourth-order valence-electron chi connectivity index (χ4n) is 6.80. The van der Waals surface area contributed by atoms with Crippen LogP contribution in [0.2, 0.25) is 0 Å². The van der Waals surface area contributed by atoms with Crippen molar-refractivity contribution in [3.05, 3.63) is 60.8 Å². The third kappa shape index (κ3) is 41.1. The van der Waals surface area contributed by atoms with Gasteiger partial charge >= 0.3 is 0 Å². The minimum Gasteiger partial charge on any atom is -0.394 e. The summed E-state index contributed by atoms with van der Waals surface area (Å²) in [5.74, 6) is -0.0435. The molecule has 0 rings (SSSR count). The lowest BCUT2D eigenvalue weighted by molar-refractivity contribution is -0.123. The first-order valence-electron chi connectivity index (χ1n) is 23.0. The van der Waals surface area contributed by atoms with Crippen molar-refractivity contribution in [2.75, 3.05) is 6.61 Å². The van der Waals surface area contributed by atoms with Gasteiger partial charge in [0.15, 0.2) is 0 Å². The average molecular weight is 740 g/mol. The molecule has 0 aromatic carbocycles. The van der Waals surface area contributed by atoms with Crippen molar-refractivity contribution in [3.8, 4) is 0 Å². The second-order valence-corrected chi connectivity index (χ2v) is 15.4. The molecule has 0 radical (unpaired) electrons. The number of carbonyl (C=O) groups is 1. The summed E-state index contributed by atoms with van der Waals surface area (Å²) in [5.41, 5.74) is 0. The molecule has 308 valence electrons. The Labute approximate surface area is 330 Å². The second kappa shape index (κ2) is 44.5. The van der Waals surface area contributed by atoms with Crippen molar-refractivity contribution in [2.24, 2.45) is 0 Å². The van der Waals surface area contributed by atoms with Crippen LogP contribution >= 0.6 is 0 Å². The molecule has 2 atom stereocenters. The SMILES string of the molecule is CC/C=C\C/C=C\C/C=C\C/C=C\C/C=C\CCCCCCCCCC(=O)NC(CO)C(O)CCCCCCCCCCCCCCCCCCCC. The van der Waals surface area contributed by atoms with Gasteiger partial charge < -0.3 is 15.5 Å². The first-order chi connectivity index (χ1) is 26.2. The number of unbranched alkanes of at least 4 members (excludes halogenated alkanes) is 24. The first kappa shape index (κ1) is 51.1. The average Bonchev–Trinajstić information content (AvgIpc) is 3.16. The summed E-state index contributed by atoms with van der Waals surface area (Å²) < 4.78 is 0. The lowest BCUT2D eigenvalue weighted by Gasteiger charge is -2.22. The van der Waals surface area contributed by atoms with Gasteiger partial charge in [-0.1, -0.05) is 222 Å². The van der Waals surface area contributed by atoms with Gasteiger partial charge in [-0.2, -0.15) is 0 Å². The summed E-state index contributed by atoms with van der Waals surface area (Å²) in [6.07, 6.45) is 61.5. The number of allylic oxidation sites excluding steroid dienone is 10. The molecule has 2 unspecified atom stereocenters. The van der Waals surface area contributed by atoms with Gasteiger partial charge in [0, 0.05) is 6.42 Å². The molecule has 0 aromatic heterocycles. The maximum Gasteiger partial charge on any atom is 0.220 e. The fraction of sp³-hybridized carbons (Fsp3) is 0.776. The minimum absolute atomic E-state index is 0.0435. The molecule has 0 heterocycles. The predicted molar refractivity (Wildman–Crippen MR) is 234 cm³/mol. The van der Waals surface area contributed by atoms with Crippen molar-refractivity contribution in [2.45, 2.75) is 238 Å². The van der Waals surface area contributed by atoms with Gasteiger partial charge in [0.05, 0.1) is 18.8 Å². The van der Waals surface area contributed by atoms with Crippen LogP contribution in [0.25, 0.3) is 0 Å². The van der Waals surface area contributed by atoms with E-state index in [0.29, 0.717) is 12.8 Å². The fourth-order valence-corrected chi connectivity index (χ4v) is 6.80. The number of hydrogen-bond acceptors (Lipinski definition) is 3. The van der Waals surface area contributed by atoms with Crippen LogP contribution in [0, 0.1) is 0 Å². The molecular weight excluding hydrogens is 651 g/mol. The van der Waals surface area contributed by atoms with E-state index in [1.165, 1.54) is 135 Å². The number of rotatable bonds is 41. The molecule has 0 saturated heterocycles. The Morgan fingerprint density at radius 1 is 0.472 bits per heavy atom. The molecule has 0 aromatic rings. The Kier molecular flexibility index (Phi) is 42.9. The third-order valence-corrected chi connectivity index (χ3v) is 10.3. The number of aliphatic hydroxyl groups excluding tert-OH is 2. The predicted octanol–water partition coefficient (Wildman–Crippen LogP) is 14.5. The van der Waals surface area contributed by atoms with Gasteiger partial charge in [-0.05, 0) is 57.8 Å². The molecule has 3 N–H and O–H groups in total. The highest BCUT2D eigenvalue weighted by Crippen LogP contribution is 2.16. The largest absolute Gasteiger partial charge is 0.394 e. The van der Waals surface area contributed by atoms with E-state index in [1.807, 2.05) is 0 Å². The van der Waals surface area contributed by atoms with E-state index < -0.39 is 12.1 Å². The Morgan fingerprint density at radius 3 is 1.25 bits per heavy atom. The second-order valence-electron chi connectivity index (χ2n) is 15.4. The summed E-state index contributed by atoms with van der Waals surface area (Å²) in [7, 11) is 0. The van der Waals surface area contributed by atoms with Crippen LogP contribution in [0.1, 0.15) is 226 Å². The molecule has 4 heteroatoms. The van der Waals surface area contributed by atoms with Gasteiger partial charge in [0.25, 0.3) is 0 Å². The molecule has 0 spiro atoms. The molecule has 1 amide bonds. The Morgan fingerprint density at radius 2 is 0.830 bits per heavy atom. The normalized spacial score (nSPS) is 13.5. The molecule has 0 bridgehead atoms. The van der Waals surface area contributed by atoms with Crippen molar-refractivity contribution in [1.82, 2.24) is 5.32 Å². The van der Waals surface area contributed by atoms with Gasteiger partial charge in [-0.25, -0.2) is 0 Å². The maximum atomic E-state index is 12.4. The van der Waals surface area contributed by atoms with E-state index >= 15 is 0 Å². The number of amides is 1. The minimum atomic E-state index is -0.667. The van der Waals surface area contributed by atoms with E-state index in [1.54, 1.807) is 0 Å². The van der Waals surface area contributed by atoms with Crippen LogP contribution in [-0.2, 0) is 4.79 Å². The molecule has 0 aliphatic heterocycles. The van der Waals surface area contributed by atoms with E-state index in [-0.39, 0.29) is 12.5 Å². The van der Waals surface area contributed by atoms with Crippen LogP contribution in [0.15, 0.2) is 60.8 Å². The molecule has 0 aliphatic carbocycles. The number of carbonyl (C=O) groups excluding carboxylic acids is 1. The lowest BCUT2D eigenvalue weighted by atomic mass is 10.0. The van der Waals surface area contributed by atoms with Crippen molar-refractivity contribution < 1.29 is 15.0 Å². The van der Waals surface area contributed by atoms with Crippen LogP contribution in [0.4, 0.5) is 0 Å². The zero-order chi connectivity index (χ0) is 38.6.